The summed E-state index contributed by atoms with van der Waals surface area (Å²) in [6.45, 7) is 8.37. The van der Waals surface area contributed by atoms with Gasteiger partial charge < -0.3 is 9.80 Å². The predicted octanol–water partition coefficient (Wildman–Crippen LogP) is 4.30. The zero-order chi connectivity index (χ0) is 21.2. The second-order valence-electron chi connectivity index (χ2n) is 7.47. The van der Waals surface area contributed by atoms with Crippen molar-refractivity contribution in [1.29, 1.82) is 0 Å². The molecule has 3 heterocycles. The lowest BCUT2D eigenvalue weighted by Crippen LogP contribution is -2.78. The fourth-order valence-electron chi connectivity index (χ4n) is 4.14. The van der Waals surface area contributed by atoms with Crippen LogP contribution in [0, 0.1) is 0 Å². The number of piperazine rings is 1. The summed E-state index contributed by atoms with van der Waals surface area (Å²) in [5, 5.41) is 0. The third-order valence-electron chi connectivity index (χ3n) is 5.54. The van der Waals surface area contributed by atoms with Crippen molar-refractivity contribution in [3.05, 3.63) is 97.1 Å². The monoisotopic (exact) mass is 436 g/mol. The number of carbonyl (C=O) groups excluding carboxylic acids is 2. The molecule has 0 aromatic heterocycles. The van der Waals surface area contributed by atoms with E-state index in [9.17, 15) is 9.59 Å². The number of benzene rings is 2. The molecule has 2 aromatic rings. The lowest BCUT2D eigenvalue weighted by Gasteiger charge is -2.60. The van der Waals surface area contributed by atoms with E-state index in [1.165, 1.54) is 21.6 Å². The first-order valence-electron chi connectivity index (χ1n) is 9.88. The van der Waals surface area contributed by atoms with Crippen molar-refractivity contribution in [1.82, 2.24) is 9.80 Å². The molecule has 154 valence electrons. The van der Waals surface area contributed by atoms with Crippen LogP contribution in [-0.2, 0) is 22.4 Å². The molecule has 6 heteroatoms. The maximum Gasteiger partial charge on any atom is 0.262 e. The number of fused-ring (bicyclic) bond motifs is 3. The fourth-order valence-corrected chi connectivity index (χ4v) is 7.88. The van der Waals surface area contributed by atoms with E-state index in [0.717, 1.165) is 11.1 Å². The van der Waals surface area contributed by atoms with Gasteiger partial charge in [0.25, 0.3) is 11.8 Å². The van der Waals surface area contributed by atoms with Crippen LogP contribution in [0.3, 0.4) is 0 Å². The number of nitrogens with zero attached hydrogens (tertiary/aromatic N) is 2. The van der Waals surface area contributed by atoms with E-state index in [1.54, 1.807) is 22.0 Å². The van der Waals surface area contributed by atoms with Crippen LogP contribution in [0.1, 0.15) is 11.1 Å². The van der Waals surface area contributed by atoms with Crippen LogP contribution >= 0.6 is 21.6 Å². The van der Waals surface area contributed by atoms with Crippen molar-refractivity contribution in [2.75, 3.05) is 13.1 Å². The van der Waals surface area contributed by atoms with Crippen molar-refractivity contribution in [2.45, 2.75) is 22.6 Å². The van der Waals surface area contributed by atoms with E-state index < -0.39 is 9.74 Å². The molecule has 5 rings (SSSR count). The van der Waals surface area contributed by atoms with Gasteiger partial charge in [-0.3, -0.25) is 9.59 Å². The predicted molar refractivity (Wildman–Crippen MR) is 125 cm³/mol. The average molecular weight is 437 g/mol. The standard InChI is InChI=1S/C24H24N2O2S2/c1-3-15-25-21(27)24(18-20-13-9-6-10-14-20)26(16-4-2)22(28)23(25,29-30-24)17-19-11-7-5-8-12-19/h3-14H,1-2,15-18H2/t23-,24+. The molecule has 0 aliphatic carbocycles. The topological polar surface area (TPSA) is 40.6 Å². The number of carbonyl (C=O) groups is 2. The van der Waals surface area contributed by atoms with Crippen LogP contribution in [0.5, 0.6) is 0 Å². The molecule has 2 amide bonds. The fraction of sp³-hybridized carbons (Fsp3) is 0.250. The summed E-state index contributed by atoms with van der Waals surface area (Å²) in [6.07, 6.45) is 4.33. The molecule has 2 bridgehead atoms. The van der Waals surface area contributed by atoms with Crippen molar-refractivity contribution in [3.63, 3.8) is 0 Å². The molecule has 0 saturated carbocycles. The second kappa shape index (κ2) is 8.36. The van der Waals surface area contributed by atoms with E-state index in [2.05, 4.69) is 13.2 Å². The van der Waals surface area contributed by atoms with Gasteiger partial charge in [0.05, 0.1) is 0 Å². The van der Waals surface area contributed by atoms with Gasteiger partial charge in [-0.1, -0.05) is 94.4 Å². The van der Waals surface area contributed by atoms with E-state index in [4.69, 9.17) is 0 Å². The Balaban J connectivity index is 1.80. The van der Waals surface area contributed by atoms with Crippen molar-refractivity contribution in [3.8, 4) is 0 Å². The minimum Gasteiger partial charge on any atom is -0.312 e. The molecule has 0 unspecified atom stereocenters. The molecule has 30 heavy (non-hydrogen) atoms. The Morgan fingerprint density at radius 1 is 0.700 bits per heavy atom. The van der Waals surface area contributed by atoms with Crippen LogP contribution in [0.4, 0.5) is 0 Å². The van der Waals surface area contributed by atoms with Gasteiger partial charge in [0.1, 0.15) is 0 Å². The SMILES string of the molecule is C=CCN1C(=O)[C@@]2(Cc3ccccc3)SS[C@@]1(Cc1ccccc1)C(=O)N2CC=C. The van der Waals surface area contributed by atoms with Crippen molar-refractivity contribution < 1.29 is 9.59 Å². The zero-order valence-corrected chi connectivity index (χ0v) is 18.3. The minimum absolute atomic E-state index is 0.0348. The molecular formula is C24H24N2O2S2. The van der Waals surface area contributed by atoms with Gasteiger partial charge >= 0.3 is 0 Å². The van der Waals surface area contributed by atoms with Crippen LogP contribution in [0.15, 0.2) is 86.0 Å². The summed E-state index contributed by atoms with van der Waals surface area (Å²) in [4.78, 5) is 29.4. The lowest BCUT2D eigenvalue weighted by molar-refractivity contribution is -0.165. The molecule has 0 spiro atoms. The van der Waals surface area contributed by atoms with Crippen LogP contribution < -0.4 is 0 Å². The van der Waals surface area contributed by atoms with Gasteiger partial charge in [-0.2, -0.15) is 0 Å². The highest BCUT2D eigenvalue weighted by Gasteiger charge is 2.68. The minimum atomic E-state index is -0.987. The summed E-state index contributed by atoms with van der Waals surface area (Å²) < 4.78 is 0. The average Bonchev–Trinajstić information content (AvgIpc) is 2.77. The van der Waals surface area contributed by atoms with E-state index >= 15 is 0 Å². The van der Waals surface area contributed by atoms with Crippen molar-refractivity contribution in [2.24, 2.45) is 0 Å². The van der Waals surface area contributed by atoms with Gasteiger partial charge in [0, 0.05) is 25.9 Å². The molecule has 3 aliphatic heterocycles. The molecule has 2 aromatic carbocycles. The Hall–Kier alpha value is -2.44. The van der Waals surface area contributed by atoms with Gasteiger partial charge in [0.15, 0.2) is 9.74 Å². The lowest BCUT2D eigenvalue weighted by atomic mass is 9.93. The van der Waals surface area contributed by atoms with Crippen LogP contribution in [0.25, 0.3) is 0 Å². The number of rotatable bonds is 8. The third-order valence-corrected chi connectivity index (χ3v) is 9.16. The van der Waals surface area contributed by atoms with Gasteiger partial charge in [-0.15, -0.1) is 13.2 Å². The summed E-state index contributed by atoms with van der Waals surface area (Å²) in [5.74, 6) is -0.0697. The quantitative estimate of drug-likeness (QED) is 0.457. The van der Waals surface area contributed by atoms with Crippen molar-refractivity contribution >= 4 is 33.4 Å². The molecular weight excluding hydrogens is 412 g/mol. The zero-order valence-electron chi connectivity index (χ0n) is 16.7. The summed E-state index contributed by atoms with van der Waals surface area (Å²) in [7, 11) is 3.02. The van der Waals surface area contributed by atoms with E-state index in [0.29, 0.717) is 25.9 Å². The van der Waals surface area contributed by atoms with E-state index in [-0.39, 0.29) is 11.8 Å². The number of amides is 2. The molecule has 0 N–H and O–H groups in total. The molecule has 0 radical (unpaired) electrons. The summed E-state index contributed by atoms with van der Waals surface area (Å²) in [5.41, 5.74) is 2.05. The van der Waals surface area contributed by atoms with Gasteiger partial charge in [-0.05, 0) is 11.1 Å². The second-order valence-corrected chi connectivity index (χ2v) is 10.2. The highest BCUT2D eigenvalue weighted by molar-refractivity contribution is 8.78. The normalized spacial score (nSPS) is 25.5. The maximum absolute atomic E-state index is 13.9. The Bertz CT molecular complexity index is 886. The first-order valence-corrected chi connectivity index (χ1v) is 12.0. The first-order chi connectivity index (χ1) is 14.6. The Morgan fingerprint density at radius 3 is 1.40 bits per heavy atom. The maximum atomic E-state index is 13.9. The summed E-state index contributed by atoms with van der Waals surface area (Å²) in [6, 6.07) is 19.7. The third kappa shape index (κ3) is 3.28. The smallest absolute Gasteiger partial charge is 0.262 e. The molecule has 2 atom stereocenters. The molecule has 3 aliphatic rings. The highest BCUT2D eigenvalue weighted by Crippen LogP contribution is 2.60. The number of hydrogen-bond acceptors (Lipinski definition) is 4. The highest BCUT2D eigenvalue weighted by atomic mass is 33.1. The van der Waals surface area contributed by atoms with Crippen LogP contribution in [-0.4, -0.2) is 44.4 Å². The van der Waals surface area contributed by atoms with Gasteiger partial charge in [-0.25, -0.2) is 0 Å². The Kier molecular flexibility index (Phi) is 5.80. The molecule has 3 saturated heterocycles. The Labute approximate surface area is 185 Å². The molecule has 3 fully saturated rings. The summed E-state index contributed by atoms with van der Waals surface area (Å²) >= 11 is 0. The Morgan fingerprint density at radius 2 is 1.07 bits per heavy atom. The van der Waals surface area contributed by atoms with Gasteiger partial charge in [0.2, 0.25) is 0 Å². The van der Waals surface area contributed by atoms with E-state index in [1.807, 2.05) is 60.7 Å². The molecule has 4 nitrogen and oxygen atoms in total. The largest absolute Gasteiger partial charge is 0.312 e. The van der Waals surface area contributed by atoms with Crippen LogP contribution in [0.2, 0.25) is 0 Å². The first kappa shape index (κ1) is 20.8. The number of hydrogen-bond donors (Lipinski definition) is 0.